The average molecular weight is 677 g/mol. The smallest absolute Gasteiger partial charge is 0.0561 e. The van der Waals surface area contributed by atoms with Gasteiger partial charge in [-0.15, -0.1) is 0 Å². The predicted octanol–water partition coefficient (Wildman–Crippen LogP) is 12.6. The molecule has 0 amide bonds. The summed E-state index contributed by atoms with van der Waals surface area (Å²) in [5.41, 5.74) is 13.2. The number of benzene rings is 8. The lowest BCUT2D eigenvalue weighted by atomic mass is 10.1. The molecule has 248 valence electrons. The van der Waals surface area contributed by atoms with Crippen LogP contribution in [0.1, 0.15) is 0 Å². The van der Waals surface area contributed by atoms with E-state index in [2.05, 4.69) is 201 Å². The first-order valence-corrected chi connectivity index (χ1v) is 18.3. The molecule has 0 N–H and O–H groups in total. The summed E-state index contributed by atoms with van der Waals surface area (Å²) in [4.78, 5) is 0. The van der Waals surface area contributed by atoms with Crippen molar-refractivity contribution in [1.29, 1.82) is 0 Å². The van der Waals surface area contributed by atoms with Crippen LogP contribution in [0.3, 0.4) is 0 Å². The lowest BCUT2D eigenvalue weighted by molar-refractivity contribution is 1.01. The van der Waals surface area contributed by atoms with E-state index >= 15 is 0 Å². The zero-order valence-electron chi connectivity index (χ0n) is 29.0. The fourth-order valence-corrected chi connectivity index (χ4v) is 9.24. The van der Waals surface area contributed by atoms with Crippen LogP contribution in [0, 0.1) is 0 Å². The second-order valence-electron chi connectivity index (χ2n) is 14.3. The quantitative estimate of drug-likeness (QED) is 0.177. The molecule has 0 fully saturated rings. The molecule has 8 aromatic carbocycles. The van der Waals surface area contributed by atoms with Crippen LogP contribution in [-0.4, -0.2) is 18.3 Å². The van der Waals surface area contributed by atoms with Gasteiger partial charge in [0.2, 0.25) is 0 Å². The fraction of sp³-hybridized carbons (Fsp3) is 0.0204. The van der Waals surface area contributed by atoms with Crippen molar-refractivity contribution in [3.05, 3.63) is 176 Å². The average Bonchev–Trinajstić information content (AvgIpc) is 3.92. The highest BCUT2D eigenvalue weighted by Crippen LogP contribution is 2.40. The summed E-state index contributed by atoms with van der Waals surface area (Å²) in [6, 6.07) is 64.6. The molecule has 0 unspecified atom stereocenters. The molecule has 0 aliphatic heterocycles. The Morgan fingerprint density at radius 3 is 1.09 bits per heavy atom. The van der Waals surface area contributed by atoms with E-state index in [0.717, 1.165) is 17.1 Å². The highest BCUT2D eigenvalue weighted by atomic mass is 15.0. The van der Waals surface area contributed by atoms with Crippen molar-refractivity contribution in [2.45, 2.75) is 0 Å². The number of fused-ring (bicyclic) bond motifs is 12. The van der Waals surface area contributed by atoms with Gasteiger partial charge in [-0.25, -0.2) is 0 Å². The highest BCUT2D eigenvalue weighted by Gasteiger charge is 2.19. The molecule has 4 nitrogen and oxygen atoms in total. The topological polar surface area (TPSA) is 19.7 Å². The number of hydrogen-bond acceptors (Lipinski definition) is 0. The predicted molar refractivity (Wildman–Crippen MR) is 223 cm³/mol. The van der Waals surface area contributed by atoms with Crippen LogP contribution in [0.15, 0.2) is 176 Å². The van der Waals surface area contributed by atoms with Crippen LogP contribution in [0.5, 0.6) is 0 Å². The largest absolute Gasteiger partial charge is 0.344 e. The van der Waals surface area contributed by atoms with Gasteiger partial charge in [-0.2, -0.15) is 0 Å². The van der Waals surface area contributed by atoms with Crippen molar-refractivity contribution in [3.63, 3.8) is 0 Å². The molecule has 4 heterocycles. The van der Waals surface area contributed by atoms with E-state index in [9.17, 15) is 0 Å². The van der Waals surface area contributed by atoms with E-state index in [1.807, 2.05) is 0 Å². The molecule has 53 heavy (non-hydrogen) atoms. The van der Waals surface area contributed by atoms with Crippen LogP contribution in [0.4, 0.5) is 0 Å². The number of aromatic nitrogens is 4. The van der Waals surface area contributed by atoms with Crippen LogP contribution >= 0.6 is 0 Å². The minimum Gasteiger partial charge on any atom is -0.344 e. The zero-order chi connectivity index (χ0) is 34.8. The number of rotatable bonds is 3. The Morgan fingerprint density at radius 2 is 0.566 bits per heavy atom. The standard InChI is InChI=1S/C49H32N4/c1-50-42-17-7-2-12-34(42)39-25-22-32(29-48(39)50)52-46-21-11-6-16-38(46)41-28-31(24-27-47(41)52)53-45-20-10-5-15-37(45)40-26-23-33(30-49(40)53)51-43-18-8-3-13-35(43)36-14-4-9-19-44(36)51/h2-30H,1H3. The SMILES string of the molecule is Cn1c2ccccc2c2ccc(-n3c4ccccc4c4cc(-n5c6ccccc6c6ccc(-n7c8ccccc8c8ccccc87)cc65)ccc43)cc21. The van der Waals surface area contributed by atoms with Gasteiger partial charge in [0.15, 0.2) is 0 Å². The third-order valence-corrected chi connectivity index (χ3v) is 11.6. The molecule has 0 bridgehead atoms. The lowest BCUT2D eigenvalue weighted by Crippen LogP contribution is -1.98. The molecule has 0 saturated heterocycles. The summed E-state index contributed by atoms with van der Waals surface area (Å²) in [5, 5.41) is 10.1. The molecule has 0 radical (unpaired) electrons. The Bertz CT molecular complexity index is 3420. The molecule has 0 aliphatic rings. The summed E-state index contributed by atoms with van der Waals surface area (Å²) in [6.45, 7) is 0. The van der Waals surface area contributed by atoms with Gasteiger partial charge in [-0.1, -0.05) is 103 Å². The minimum atomic E-state index is 1.15. The van der Waals surface area contributed by atoms with Gasteiger partial charge >= 0.3 is 0 Å². The van der Waals surface area contributed by atoms with Crippen LogP contribution in [0.25, 0.3) is 104 Å². The Kier molecular flexibility index (Phi) is 5.67. The molecule has 4 aromatic heterocycles. The molecule has 0 saturated carbocycles. The first-order chi connectivity index (χ1) is 26.2. The van der Waals surface area contributed by atoms with Crippen molar-refractivity contribution >= 4 is 87.2 Å². The summed E-state index contributed by atoms with van der Waals surface area (Å²) < 4.78 is 9.61. The van der Waals surface area contributed by atoms with Gasteiger partial charge < -0.3 is 18.3 Å². The van der Waals surface area contributed by atoms with Crippen molar-refractivity contribution in [2.24, 2.45) is 7.05 Å². The molecule has 0 atom stereocenters. The van der Waals surface area contributed by atoms with E-state index < -0.39 is 0 Å². The monoisotopic (exact) mass is 676 g/mol. The molecular formula is C49H32N4. The molecule has 0 aliphatic carbocycles. The first-order valence-electron chi connectivity index (χ1n) is 18.3. The second-order valence-corrected chi connectivity index (χ2v) is 14.3. The van der Waals surface area contributed by atoms with Crippen molar-refractivity contribution in [1.82, 2.24) is 18.3 Å². The summed E-state index contributed by atoms with van der Waals surface area (Å²) in [7, 11) is 2.17. The molecule has 12 aromatic rings. The molecule has 12 rings (SSSR count). The number of aryl methyl sites for hydroxylation is 1. The van der Waals surface area contributed by atoms with Crippen molar-refractivity contribution in [2.75, 3.05) is 0 Å². The number of hydrogen-bond donors (Lipinski definition) is 0. The Hall–Kier alpha value is -7.04. The van der Waals surface area contributed by atoms with Gasteiger partial charge in [0, 0.05) is 72.7 Å². The Labute approximate surface area is 304 Å². The maximum absolute atomic E-state index is 2.45. The minimum absolute atomic E-state index is 1.15. The third kappa shape index (κ3) is 3.84. The van der Waals surface area contributed by atoms with E-state index in [1.165, 1.54) is 87.2 Å². The zero-order valence-corrected chi connectivity index (χ0v) is 29.0. The summed E-state index contributed by atoms with van der Waals surface area (Å²) in [5.74, 6) is 0. The maximum Gasteiger partial charge on any atom is 0.0561 e. The lowest BCUT2D eigenvalue weighted by Gasteiger charge is -2.12. The van der Waals surface area contributed by atoms with Gasteiger partial charge in [0.05, 0.1) is 38.6 Å². The van der Waals surface area contributed by atoms with Gasteiger partial charge in [0.1, 0.15) is 0 Å². The maximum atomic E-state index is 2.45. The van der Waals surface area contributed by atoms with Gasteiger partial charge in [0.25, 0.3) is 0 Å². The van der Waals surface area contributed by atoms with Gasteiger partial charge in [-0.05, 0) is 72.8 Å². The van der Waals surface area contributed by atoms with Crippen LogP contribution < -0.4 is 0 Å². The summed E-state index contributed by atoms with van der Waals surface area (Å²) in [6.07, 6.45) is 0. The molecular weight excluding hydrogens is 645 g/mol. The number of nitrogens with zero attached hydrogens (tertiary/aromatic N) is 4. The van der Waals surface area contributed by atoms with E-state index in [1.54, 1.807) is 0 Å². The van der Waals surface area contributed by atoms with Crippen LogP contribution in [-0.2, 0) is 7.05 Å². The molecule has 4 heteroatoms. The van der Waals surface area contributed by atoms with E-state index in [-0.39, 0.29) is 0 Å². The van der Waals surface area contributed by atoms with Crippen LogP contribution in [0.2, 0.25) is 0 Å². The Balaban J connectivity index is 1.11. The van der Waals surface area contributed by atoms with Crippen molar-refractivity contribution < 1.29 is 0 Å². The van der Waals surface area contributed by atoms with Crippen molar-refractivity contribution in [3.8, 4) is 17.1 Å². The Morgan fingerprint density at radius 1 is 0.245 bits per heavy atom. The number of para-hydroxylation sites is 5. The second kappa shape index (κ2) is 10.5. The summed E-state index contributed by atoms with van der Waals surface area (Å²) >= 11 is 0. The fourth-order valence-electron chi connectivity index (χ4n) is 9.24. The normalized spacial score (nSPS) is 12.2. The third-order valence-electron chi connectivity index (χ3n) is 11.6. The molecule has 0 spiro atoms. The van der Waals surface area contributed by atoms with Gasteiger partial charge in [-0.3, -0.25) is 0 Å². The first kappa shape index (κ1) is 28.6. The van der Waals surface area contributed by atoms with E-state index in [4.69, 9.17) is 0 Å². The highest BCUT2D eigenvalue weighted by molar-refractivity contribution is 6.14. The van der Waals surface area contributed by atoms with E-state index in [0.29, 0.717) is 0 Å².